The van der Waals surface area contributed by atoms with E-state index in [4.69, 9.17) is 0 Å². The molecule has 5 aromatic rings. The van der Waals surface area contributed by atoms with Crippen molar-refractivity contribution in [1.82, 2.24) is 15.3 Å². The third-order valence-corrected chi connectivity index (χ3v) is 5.91. The Balaban J connectivity index is 1.25. The van der Waals surface area contributed by atoms with Gasteiger partial charge in [0.25, 0.3) is 0 Å². The predicted octanol–water partition coefficient (Wildman–Crippen LogP) is 5.97. The first kappa shape index (κ1) is 22.2. The number of aromatic amines is 1. The molecule has 0 saturated heterocycles. The minimum atomic E-state index is -0.0337. The fourth-order valence-corrected chi connectivity index (χ4v) is 4.09. The van der Waals surface area contributed by atoms with Crippen molar-refractivity contribution in [3.05, 3.63) is 115 Å². The van der Waals surface area contributed by atoms with E-state index in [0.717, 1.165) is 44.4 Å². The van der Waals surface area contributed by atoms with Crippen molar-refractivity contribution in [2.45, 2.75) is 6.42 Å². The topological polar surface area (TPSA) is 78.0 Å². The molecule has 0 aliphatic carbocycles. The Hall–Kier alpha value is -4.64. The van der Waals surface area contributed by atoms with Crippen LogP contribution in [0.25, 0.3) is 39.4 Å². The number of fused-ring (bicyclic) bond motifs is 1. The molecule has 3 aromatic carbocycles. The van der Waals surface area contributed by atoms with Crippen LogP contribution in [0.5, 0.6) is 5.75 Å². The highest BCUT2D eigenvalue weighted by Gasteiger charge is 2.13. The molecule has 2 heterocycles. The van der Waals surface area contributed by atoms with E-state index in [-0.39, 0.29) is 11.7 Å². The first-order valence-electron chi connectivity index (χ1n) is 11.5. The molecule has 0 aliphatic heterocycles. The van der Waals surface area contributed by atoms with Crippen LogP contribution < -0.4 is 5.32 Å². The maximum atomic E-state index is 12.3. The van der Waals surface area contributed by atoms with E-state index in [1.807, 2.05) is 97.1 Å². The van der Waals surface area contributed by atoms with Crippen molar-refractivity contribution < 1.29 is 9.90 Å². The summed E-state index contributed by atoms with van der Waals surface area (Å²) in [5.74, 6) is 0.177. The molecule has 35 heavy (non-hydrogen) atoms. The lowest BCUT2D eigenvalue weighted by Crippen LogP contribution is -2.24. The number of carbonyl (C=O) groups excluding carboxylic acids is 1. The number of rotatable bonds is 7. The van der Waals surface area contributed by atoms with Crippen LogP contribution in [0.3, 0.4) is 0 Å². The zero-order chi connectivity index (χ0) is 24.0. The predicted molar refractivity (Wildman–Crippen MR) is 141 cm³/mol. The molecular formula is C30H25N3O2. The van der Waals surface area contributed by atoms with Crippen molar-refractivity contribution >= 4 is 22.9 Å². The monoisotopic (exact) mass is 459 g/mol. The number of hydrogen-bond acceptors (Lipinski definition) is 3. The number of H-pyrrole nitrogens is 1. The molecule has 0 bridgehead atoms. The molecule has 5 nitrogen and oxygen atoms in total. The fourth-order valence-electron chi connectivity index (χ4n) is 4.09. The van der Waals surface area contributed by atoms with Crippen LogP contribution in [0.15, 0.2) is 103 Å². The van der Waals surface area contributed by atoms with Gasteiger partial charge in [0.15, 0.2) is 0 Å². The first-order chi connectivity index (χ1) is 17.2. The number of aromatic nitrogens is 2. The zero-order valence-corrected chi connectivity index (χ0v) is 19.1. The van der Waals surface area contributed by atoms with E-state index in [9.17, 15) is 9.90 Å². The summed E-state index contributed by atoms with van der Waals surface area (Å²) in [6.45, 7) is 0.482. The first-order valence-corrected chi connectivity index (χ1v) is 11.5. The molecule has 172 valence electrons. The minimum absolute atomic E-state index is 0.0337. The van der Waals surface area contributed by atoms with Crippen molar-refractivity contribution in [2.24, 2.45) is 0 Å². The van der Waals surface area contributed by atoms with E-state index < -0.39 is 0 Å². The number of amides is 1. The normalized spacial score (nSPS) is 11.2. The van der Waals surface area contributed by atoms with Gasteiger partial charge in [-0.25, -0.2) is 0 Å². The Morgan fingerprint density at radius 1 is 0.943 bits per heavy atom. The molecular weight excluding hydrogens is 434 g/mol. The van der Waals surface area contributed by atoms with E-state index in [1.165, 1.54) is 0 Å². The number of carbonyl (C=O) groups is 1. The highest BCUT2D eigenvalue weighted by molar-refractivity contribution is 5.89. The summed E-state index contributed by atoms with van der Waals surface area (Å²) in [5, 5.41) is 15.0. The van der Waals surface area contributed by atoms with Crippen LogP contribution in [-0.2, 0) is 11.2 Å². The molecule has 0 saturated carbocycles. The zero-order valence-electron chi connectivity index (χ0n) is 19.1. The molecule has 3 N–H and O–H groups in total. The number of para-hydroxylation sites is 1. The molecule has 5 rings (SSSR count). The summed E-state index contributed by atoms with van der Waals surface area (Å²) in [6.07, 6.45) is 7.75. The number of phenols is 1. The van der Waals surface area contributed by atoms with Gasteiger partial charge in [0.2, 0.25) is 5.91 Å². The van der Waals surface area contributed by atoms with Crippen molar-refractivity contribution in [2.75, 3.05) is 6.54 Å². The SMILES string of the molecule is O=C(Cc1ccc(-c2cccc(-c3cc4ccncc4[nH]3)c2O)cc1)NCC=Cc1ccccc1. The molecule has 0 unspecified atom stereocenters. The van der Waals surface area contributed by atoms with Crippen LogP contribution >= 0.6 is 0 Å². The number of pyridine rings is 1. The van der Waals surface area contributed by atoms with Gasteiger partial charge in [-0.1, -0.05) is 78.9 Å². The average molecular weight is 460 g/mol. The van der Waals surface area contributed by atoms with Gasteiger partial charge in [0.05, 0.1) is 23.8 Å². The lowest BCUT2D eigenvalue weighted by atomic mass is 9.98. The Morgan fingerprint density at radius 2 is 1.74 bits per heavy atom. The van der Waals surface area contributed by atoms with Gasteiger partial charge in [-0.15, -0.1) is 0 Å². The summed E-state index contributed by atoms with van der Waals surface area (Å²) in [4.78, 5) is 19.8. The van der Waals surface area contributed by atoms with Gasteiger partial charge in [0, 0.05) is 29.3 Å². The summed E-state index contributed by atoms with van der Waals surface area (Å²) in [7, 11) is 0. The number of phenolic OH excluding ortho intramolecular Hbond substituents is 1. The van der Waals surface area contributed by atoms with Crippen molar-refractivity contribution in [1.29, 1.82) is 0 Å². The molecule has 2 aromatic heterocycles. The van der Waals surface area contributed by atoms with Crippen LogP contribution in [0, 0.1) is 0 Å². The van der Waals surface area contributed by atoms with Crippen LogP contribution in [0.4, 0.5) is 0 Å². The van der Waals surface area contributed by atoms with Gasteiger partial charge in [0.1, 0.15) is 5.75 Å². The maximum Gasteiger partial charge on any atom is 0.224 e. The second-order valence-electron chi connectivity index (χ2n) is 8.34. The molecule has 0 radical (unpaired) electrons. The van der Waals surface area contributed by atoms with Gasteiger partial charge in [-0.05, 0) is 34.9 Å². The number of nitrogens with one attached hydrogen (secondary N) is 2. The summed E-state index contributed by atoms with van der Waals surface area (Å²) >= 11 is 0. The summed E-state index contributed by atoms with van der Waals surface area (Å²) in [5.41, 5.74) is 6.12. The Labute approximate surface area is 203 Å². The van der Waals surface area contributed by atoms with Gasteiger partial charge in [-0.3, -0.25) is 9.78 Å². The highest BCUT2D eigenvalue weighted by atomic mass is 16.3. The Kier molecular flexibility index (Phi) is 6.39. The fraction of sp³-hybridized carbons (Fsp3) is 0.0667. The second-order valence-corrected chi connectivity index (χ2v) is 8.34. The molecule has 0 spiro atoms. The smallest absolute Gasteiger partial charge is 0.224 e. The van der Waals surface area contributed by atoms with Crippen LogP contribution in [0.2, 0.25) is 0 Å². The highest BCUT2D eigenvalue weighted by Crippen LogP contribution is 2.38. The van der Waals surface area contributed by atoms with Gasteiger partial charge >= 0.3 is 0 Å². The molecule has 1 amide bonds. The van der Waals surface area contributed by atoms with Crippen molar-refractivity contribution in [3.8, 4) is 28.1 Å². The summed E-state index contributed by atoms with van der Waals surface area (Å²) in [6, 6.07) is 27.4. The number of benzene rings is 3. The summed E-state index contributed by atoms with van der Waals surface area (Å²) < 4.78 is 0. The third kappa shape index (κ3) is 5.14. The average Bonchev–Trinajstić information content (AvgIpc) is 3.32. The van der Waals surface area contributed by atoms with Gasteiger partial charge < -0.3 is 15.4 Å². The number of hydrogen-bond donors (Lipinski definition) is 3. The van der Waals surface area contributed by atoms with Crippen molar-refractivity contribution in [3.63, 3.8) is 0 Å². The minimum Gasteiger partial charge on any atom is -0.507 e. The lowest BCUT2D eigenvalue weighted by Gasteiger charge is -2.10. The molecule has 0 atom stereocenters. The standard InChI is InChI=1S/C30H25N3O2/c34-29(32-16-5-8-21-6-2-1-3-7-21)18-22-11-13-23(14-12-22)25-9-4-10-26(30(25)35)27-19-24-15-17-31-20-28(24)33-27/h1-15,17,19-20,33,35H,16,18H2,(H,32,34). The quantitative estimate of drug-likeness (QED) is 0.280. The van der Waals surface area contributed by atoms with E-state index in [0.29, 0.717) is 13.0 Å². The van der Waals surface area contributed by atoms with E-state index in [1.54, 1.807) is 12.4 Å². The second kappa shape index (κ2) is 10.1. The van der Waals surface area contributed by atoms with E-state index >= 15 is 0 Å². The van der Waals surface area contributed by atoms with E-state index in [2.05, 4.69) is 15.3 Å². The lowest BCUT2D eigenvalue weighted by molar-refractivity contribution is -0.120. The number of aromatic hydroxyl groups is 1. The Morgan fingerprint density at radius 3 is 2.54 bits per heavy atom. The largest absolute Gasteiger partial charge is 0.507 e. The molecule has 0 fully saturated rings. The third-order valence-electron chi connectivity index (χ3n) is 5.91. The number of nitrogens with zero attached hydrogens (tertiary/aromatic N) is 1. The maximum absolute atomic E-state index is 12.3. The van der Waals surface area contributed by atoms with Gasteiger partial charge in [-0.2, -0.15) is 0 Å². The molecule has 0 aliphatic rings. The van der Waals surface area contributed by atoms with Crippen LogP contribution in [-0.4, -0.2) is 27.5 Å². The molecule has 5 heteroatoms. The van der Waals surface area contributed by atoms with Crippen LogP contribution in [0.1, 0.15) is 11.1 Å². The Bertz CT molecular complexity index is 1450.